The average molecular weight is 272 g/mol. The summed E-state index contributed by atoms with van der Waals surface area (Å²) < 4.78 is 0. The van der Waals surface area contributed by atoms with Crippen LogP contribution in [-0.2, 0) is 11.2 Å². The van der Waals surface area contributed by atoms with E-state index in [1.165, 1.54) is 12.8 Å². The molecule has 1 heterocycles. The molecule has 0 bridgehead atoms. The number of amides is 1. The van der Waals surface area contributed by atoms with Crippen molar-refractivity contribution >= 4 is 5.91 Å². The van der Waals surface area contributed by atoms with E-state index in [9.17, 15) is 4.79 Å². The maximum Gasteiger partial charge on any atom is 0.227 e. The first kappa shape index (κ1) is 13.6. The third-order valence-electron chi connectivity index (χ3n) is 4.75. The SMILES string of the molecule is CC(C1CC1)N1CCN(C(=O)Cc2ccccc2)CC1. The first-order valence-corrected chi connectivity index (χ1v) is 7.80. The van der Waals surface area contributed by atoms with E-state index in [2.05, 4.69) is 11.8 Å². The predicted octanol–water partition coefficient (Wildman–Crippen LogP) is 2.17. The predicted molar refractivity (Wildman–Crippen MR) is 80.5 cm³/mol. The Hall–Kier alpha value is -1.35. The van der Waals surface area contributed by atoms with Gasteiger partial charge in [0.25, 0.3) is 0 Å². The second-order valence-corrected chi connectivity index (χ2v) is 6.16. The first-order valence-electron chi connectivity index (χ1n) is 7.80. The van der Waals surface area contributed by atoms with Gasteiger partial charge in [-0.2, -0.15) is 0 Å². The minimum atomic E-state index is 0.273. The van der Waals surface area contributed by atoms with Gasteiger partial charge in [0, 0.05) is 32.2 Å². The minimum absolute atomic E-state index is 0.273. The summed E-state index contributed by atoms with van der Waals surface area (Å²) in [6.07, 6.45) is 3.33. The molecule has 2 aliphatic rings. The Kier molecular flexibility index (Phi) is 4.06. The van der Waals surface area contributed by atoms with Gasteiger partial charge >= 0.3 is 0 Å². The Balaban J connectivity index is 1.49. The fourth-order valence-electron chi connectivity index (χ4n) is 3.14. The summed E-state index contributed by atoms with van der Waals surface area (Å²) in [7, 11) is 0. The molecule has 0 aromatic heterocycles. The molecule has 1 aliphatic heterocycles. The number of benzene rings is 1. The third-order valence-corrected chi connectivity index (χ3v) is 4.75. The molecule has 1 atom stereocenters. The van der Waals surface area contributed by atoms with Crippen LogP contribution in [0.1, 0.15) is 25.3 Å². The highest BCUT2D eigenvalue weighted by molar-refractivity contribution is 5.78. The smallest absolute Gasteiger partial charge is 0.227 e. The van der Waals surface area contributed by atoms with Gasteiger partial charge in [0.05, 0.1) is 6.42 Å². The highest BCUT2D eigenvalue weighted by Gasteiger charge is 2.33. The Morgan fingerprint density at radius 2 is 1.80 bits per heavy atom. The summed E-state index contributed by atoms with van der Waals surface area (Å²) >= 11 is 0. The average Bonchev–Trinajstić information content (AvgIpc) is 3.32. The van der Waals surface area contributed by atoms with Crippen molar-refractivity contribution in [3.05, 3.63) is 35.9 Å². The summed E-state index contributed by atoms with van der Waals surface area (Å²) in [5.74, 6) is 1.19. The van der Waals surface area contributed by atoms with E-state index in [0.29, 0.717) is 12.5 Å². The molecule has 20 heavy (non-hydrogen) atoms. The van der Waals surface area contributed by atoms with Crippen LogP contribution in [0.4, 0.5) is 0 Å². The zero-order chi connectivity index (χ0) is 13.9. The number of rotatable bonds is 4. The molecule has 2 fully saturated rings. The number of hydrogen-bond donors (Lipinski definition) is 0. The Morgan fingerprint density at radius 1 is 1.15 bits per heavy atom. The number of piperazine rings is 1. The van der Waals surface area contributed by atoms with Gasteiger partial charge in [0.2, 0.25) is 5.91 Å². The van der Waals surface area contributed by atoms with Gasteiger partial charge in [-0.05, 0) is 31.2 Å². The zero-order valence-electron chi connectivity index (χ0n) is 12.3. The summed E-state index contributed by atoms with van der Waals surface area (Å²) in [5.41, 5.74) is 1.12. The highest BCUT2D eigenvalue weighted by Crippen LogP contribution is 2.35. The lowest BCUT2D eigenvalue weighted by Crippen LogP contribution is -2.52. The third kappa shape index (κ3) is 3.21. The van der Waals surface area contributed by atoms with E-state index in [1.54, 1.807) is 0 Å². The molecular weight excluding hydrogens is 248 g/mol. The van der Waals surface area contributed by atoms with Gasteiger partial charge in [-0.3, -0.25) is 9.69 Å². The minimum Gasteiger partial charge on any atom is -0.340 e. The lowest BCUT2D eigenvalue weighted by atomic mass is 10.1. The molecule has 0 radical (unpaired) electrons. The molecule has 1 amide bonds. The van der Waals surface area contributed by atoms with Crippen LogP contribution in [-0.4, -0.2) is 47.9 Å². The Bertz CT molecular complexity index is 447. The van der Waals surface area contributed by atoms with Crippen LogP contribution < -0.4 is 0 Å². The van der Waals surface area contributed by atoms with Crippen molar-refractivity contribution in [1.82, 2.24) is 9.80 Å². The van der Waals surface area contributed by atoms with Crippen LogP contribution in [0, 0.1) is 5.92 Å². The van der Waals surface area contributed by atoms with Crippen LogP contribution in [0.15, 0.2) is 30.3 Å². The monoisotopic (exact) mass is 272 g/mol. The molecule has 1 aromatic rings. The van der Waals surface area contributed by atoms with E-state index < -0.39 is 0 Å². The number of carbonyl (C=O) groups is 1. The second kappa shape index (κ2) is 5.96. The summed E-state index contributed by atoms with van der Waals surface area (Å²) in [6.45, 7) is 6.21. The number of hydrogen-bond acceptors (Lipinski definition) is 2. The summed E-state index contributed by atoms with van der Waals surface area (Å²) in [6, 6.07) is 10.8. The standard InChI is InChI=1S/C17H24N2O/c1-14(16-7-8-16)18-9-11-19(12-10-18)17(20)13-15-5-3-2-4-6-15/h2-6,14,16H,7-13H2,1H3. The van der Waals surface area contributed by atoms with Crippen LogP contribution in [0.2, 0.25) is 0 Å². The van der Waals surface area contributed by atoms with E-state index in [4.69, 9.17) is 0 Å². The quantitative estimate of drug-likeness (QED) is 0.838. The van der Waals surface area contributed by atoms with E-state index in [1.807, 2.05) is 35.2 Å². The molecular formula is C17H24N2O. The van der Waals surface area contributed by atoms with Crippen molar-refractivity contribution in [2.24, 2.45) is 5.92 Å². The largest absolute Gasteiger partial charge is 0.340 e. The van der Waals surface area contributed by atoms with Gasteiger partial charge < -0.3 is 4.90 Å². The lowest BCUT2D eigenvalue weighted by Gasteiger charge is -2.38. The van der Waals surface area contributed by atoms with Gasteiger partial charge in [-0.15, -0.1) is 0 Å². The molecule has 0 spiro atoms. The molecule has 3 heteroatoms. The van der Waals surface area contributed by atoms with Crippen molar-refractivity contribution in [1.29, 1.82) is 0 Å². The molecule has 3 nitrogen and oxygen atoms in total. The van der Waals surface area contributed by atoms with Crippen molar-refractivity contribution < 1.29 is 4.79 Å². The van der Waals surface area contributed by atoms with Crippen molar-refractivity contribution in [3.63, 3.8) is 0 Å². The molecule has 1 unspecified atom stereocenters. The molecule has 1 saturated carbocycles. The Labute approximate surface area is 121 Å². The van der Waals surface area contributed by atoms with Gasteiger partial charge in [0.15, 0.2) is 0 Å². The van der Waals surface area contributed by atoms with Crippen LogP contribution in [0.3, 0.4) is 0 Å². The first-order chi connectivity index (χ1) is 9.74. The molecule has 1 saturated heterocycles. The molecule has 1 aromatic carbocycles. The van der Waals surface area contributed by atoms with E-state index in [-0.39, 0.29) is 5.91 Å². The maximum atomic E-state index is 12.3. The highest BCUT2D eigenvalue weighted by atomic mass is 16.2. The number of carbonyl (C=O) groups excluding carboxylic acids is 1. The van der Waals surface area contributed by atoms with E-state index >= 15 is 0 Å². The van der Waals surface area contributed by atoms with Gasteiger partial charge in [-0.1, -0.05) is 30.3 Å². The fraction of sp³-hybridized carbons (Fsp3) is 0.588. The van der Waals surface area contributed by atoms with Gasteiger partial charge in [0.1, 0.15) is 0 Å². The lowest BCUT2D eigenvalue weighted by molar-refractivity contribution is -0.132. The second-order valence-electron chi connectivity index (χ2n) is 6.16. The van der Waals surface area contributed by atoms with Gasteiger partial charge in [-0.25, -0.2) is 0 Å². The Morgan fingerprint density at radius 3 is 2.40 bits per heavy atom. The molecule has 1 aliphatic carbocycles. The van der Waals surface area contributed by atoms with Crippen molar-refractivity contribution in [2.45, 2.75) is 32.2 Å². The summed E-state index contributed by atoms with van der Waals surface area (Å²) in [5, 5.41) is 0. The zero-order valence-corrected chi connectivity index (χ0v) is 12.3. The fourth-order valence-corrected chi connectivity index (χ4v) is 3.14. The number of nitrogens with zero attached hydrogens (tertiary/aromatic N) is 2. The van der Waals surface area contributed by atoms with Crippen molar-refractivity contribution in [2.75, 3.05) is 26.2 Å². The normalized spacial score (nSPS) is 21.8. The van der Waals surface area contributed by atoms with Crippen LogP contribution >= 0.6 is 0 Å². The van der Waals surface area contributed by atoms with E-state index in [0.717, 1.165) is 37.7 Å². The summed E-state index contributed by atoms with van der Waals surface area (Å²) in [4.78, 5) is 16.9. The molecule has 3 rings (SSSR count). The van der Waals surface area contributed by atoms with Crippen molar-refractivity contribution in [3.8, 4) is 0 Å². The maximum absolute atomic E-state index is 12.3. The molecule has 0 N–H and O–H groups in total. The topological polar surface area (TPSA) is 23.6 Å². The van der Waals surface area contributed by atoms with Crippen LogP contribution in [0.25, 0.3) is 0 Å². The van der Waals surface area contributed by atoms with Crippen LogP contribution in [0.5, 0.6) is 0 Å². The molecule has 108 valence electrons.